The van der Waals surface area contributed by atoms with E-state index in [4.69, 9.17) is 0 Å². The summed E-state index contributed by atoms with van der Waals surface area (Å²) in [6, 6.07) is 9.78. The largest absolute Gasteiger partial charge is 0.337 e. The van der Waals surface area contributed by atoms with Crippen molar-refractivity contribution in [1.82, 2.24) is 31.0 Å². The van der Waals surface area contributed by atoms with Crippen molar-refractivity contribution in [3.05, 3.63) is 65.2 Å². The molecule has 4 heterocycles. The second-order valence-corrected chi connectivity index (χ2v) is 9.64. The summed E-state index contributed by atoms with van der Waals surface area (Å²) >= 11 is 0. The van der Waals surface area contributed by atoms with Crippen molar-refractivity contribution in [3.8, 4) is 0 Å². The number of pyridine rings is 1. The molecule has 3 fully saturated rings. The molecule has 0 bridgehead atoms. The van der Waals surface area contributed by atoms with Crippen LogP contribution >= 0.6 is 0 Å². The normalized spacial score (nSPS) is 24.5. The number of hydrazine groups is 1. The molecule has 3 aliphatic rings. The van der Waals surface area contributed by atoms with E-state index < -0.39 is 5.82 Å². The zero-order chi connectivity index (χ0) is 25.1. The summed E-state index contributed by atoms with van der Waals surface area (Å²) in [5, 5.41) is 3.45. The molecule has 3 saturated heterocycles. The van der Waals surface area contributed by atoms with Gasteiger partial charge in [0.25, 0.3) is 11.8 Å². The minimum Gasteiger partial charge on any atom is -0.337 e. The second-order valence-electron chi connectivity index (χ2n) is 9.64. The number of benzene rings is 1. The van der Waals surface area contributed by atoms with Crippen LogP contribution in [-0.2, 0) is 11.2 Å². The number of amides is 3. The van der Waals surface area contributed by atoms with Gasteiger partial charge in [-0.1, -0.05) is 12.1 Å². The number of carbonyl (C=O) groups excluding carboxylic acids is 3. The Morgan fingerprint density at radius 3 is 2.61 bits per heavy atom. The molecule has 3 amide bonds. The smallest absolute Gasteiger partial charge is 0.272 e. The van der Waals surface area contributed by atoms with Crippen molar-refractivity contribution in [2.75, 3.05) is 32.7 Å². The van der Waals surface area contributed by atoms with E-state index >= 15 is 0 Å². The lowest BCUT2D eigenvalue weighted by atomic mass is 9.82. The SMILES string of the molecule is O=C1NNC(Cc2ccc(F)c(C(=O)N3CCCN(C(=O)c4ccccn4)CC3)c2)C2NCCCC12. The maximum atomic E-state index is 14.8. The van der Waals surface area contributed by atoms with Crippen molar-refractivity contribution in [1.29, 1.82) is 0 Å². The average molecular weight is 495 g/mol. The Morgan fingerprint density at radius 1 is 1.03 bits per heavy atom. The number of hydrogen-bond acceptors (Lipinski definition) is 6. The molecule has 3 unspecified atom stereocenters. The Kier molecular flexibility index (Phi) is 7.24. The lowest BCUT2D eigenvalue weighted by Gasteiger charge is -2.41. The van der Waals surface area contributed by atoms with Crippen LogP contribution in [0.25, 0.3) is 0 Å². The first-order chi connectivity index (χ1) is 17.5. The first-order valence-electron chi connectivity index (χ1n) is 12.6. The molecule has 36 heavy (non-hydrogen) atoms. The lowest BCUT2D eigenvalue weighted by molar-refractivity contribution is -0.131. The summed E-state index contributed by atoms with van der Waals surface area (Å²) in [6.07, 6.45) is 4.52. The molecule has 10 heteroatoms. The number of nitrogens with zero attached hydrogens (tertiary/aromatic N) is 3. The summed E-state index contributed by atoms with van der Waals surface area (Å²) < 4.78 is 14.8. The van der Waals surface area contributed by atoms with Gasteiger partial charge in [-0.25, -0.2) is 9.82 Å². The third kappa shape index (κ3) is 5.10. The predicted molar refractivity (Wildman–Crippen MR) is 130 cm³/mol. The number of nitrogens with one attached hydrogen (secondary N) is 3. The molecule has 0 aliphatic carbocycles. The quantitative estimate of drug-likeness (QED) is 0.588. The molecule has 0 radical (unpaired) electrons. The summed E-state index contributed by atoms with van der Waals surface area (Å²) in [5.41, 5.74) is 7.08. The van der Waals surface area contributed by atoms with Crippen LogP contribution in [0.2, 0.25) is 0 Å². The fourth-order valence-electron chi connectivity index (χ4n) is 5.42. The standard InChI is InChI=1S/C26H31FN6O3/c27-20-8-7-17(16-22-23-18(5-3-10-29-23)24(34)31-30-22)15-19(20)25(35)32-11-4-12-33(14-13-32)26(36)21-6-1-2-9-28-21/h1-2,6-9,15,18,22-23,29-30H,3-5,10-14,16H2,(H,31,34). The van der Waals surface area contributed by atoms with E-state index in [2.05, 4.69) is 21.2 Å². The molecule has 0 saturated carbocycles. The van der Waals surface area contributed by atoms with E-state index in [0.717, 1.165) is 24.9 Å². The van der Waals surface area contributed by atoms with Gasteiger partial charge in [0.2, 0.25) is 5.91 Å². The fourth-order valence-corrected chi connectivity index (χ4v) is 5.42. The van der Waals surface area contributed by atoms with Gasteiger partial charge in [0.1, 0.15) is 11.5 Å². The van der Waals surface area contributed by atoms with Crippen LogP contribution in [0.4, 0.5) is 4.39 Å². The molecule has 9 nitrogen and oxygen atoms in total. The Labute approximate surface area is 209 Å². The highest BCUT2D eigenvalue weighted by Gasteiger charge is 2.40. The molecule has 3 aliphatic heterocycles. The molecular weight excluding hydrogens is 463 g/mol. The van der Waals surface area contributed by atoms with Crippen molar-refractivity contribution in [2.24, 2.45) is 5.92 Å². The molecule has 5 rings (SSSR count). The van der Waals surface area contributed by atoms with Crippen LogP contribution in [0.1, 0.15) is 45.7 Å². The molecule has 190 valence electrons. The number of rotatable bonds is 4. The van der Waals surface area contributed by atoms with Gasteiger partial charge < -0.3 is 15.1 Å². The Morgan fingerprint density at radius 2 is 1.83 bits per heavy atom. The van der Waals surface area contributed by atoms with Crippen LogP contribution in [0.15, 0.2) is 42.6 Å². The van der Waals surface area contributed by atoms with Gasteiger partial charge >= 0.3 is 0 Å². The highest BCUT2D eigenvalue weighted by molar-refractivity contribution is 5.95. The zero-order valence-corrected chi connectivity index (χ0v) is 20.1. The summed E-state index contributed by atoms with van der Waals surface area (Å²) in [7, 11) is 0. The molecule has 2 aromatic rings. The van der Waals surface area contributed by atoms with Gasteiger partial charge in [0, 0.05) is 44.5 Å². The third-order valence-corrected chi connectivity index (χ3v) is 7.33. The third-order valence-electron chi connectivity index (χ3n) is 7.33. The monoisotopic (exact) mass is 494 g/mol. The average Bonchev–Trinajstić information content (AvgIpc) is 3.18. The van der Waals surface area contributed by atoms with Crippen LogP contribution in [0.3, 0.4) is 0 Å². The van der Waals surface area contributed by atoms with E-state index in [9.17, 15) is 18.8 Å². The number of aromatic nitrogens is 1. The minimum absolute atomic E-state index is 0.00448. The van der Waals surface area contributed by atoms with E-state index in [0.29, 0.717) is 44.7 Å². The number of carbonyl (C=O) groups is 3. The minimum atomic E-state index is -0.562. The van der Waals surface area contributed by atoms with Crippen molar-refractivity contribution in [2.45, 2.75) is 37.8 Å². The van der Waals surface area contributed by atoms with Crippen molar-refractivity contribution < 1.29 is 18.8 Å². The molecule has 3 atom stereocenters. The number of piperidine rings is 1. The van der Waals surface area contributed by atoms with E-state index in [1.165, 1.54) is 6.07 Å². The Bertz CT molecular complexity index is 1130. The maximum Gasteiger partial charge on any atom is 0.272 e. The van der Waals surface area contributed by atoms with Gasteiger partial charge in [-0.05, 0) is 62.1 Å². The molecule has 3 N–H and O–H groups in total. The van der Waals surface area contributed by atoms with E-state index in [1.54, 1.807) is 46.3 Å². The first kappa shape index (κ1) is 24.3. The van der Waals surface area contributed by atoms with Gasteiger partial charge in [0.15, 0.2) is 0 Å². The van der Waals surface area contributed by atoms with Gasteiger partial charge in [-0.2, -0.15) is 0 Å². The highest BCUT2D eigenvalue weighted by Crippen LogP contribution is 2.24. The second kappa shape index (κ2) is 10.7. The fraction of sp³-hybridized carbons (Fsp3) is 0.462. The van der Waals surface area contributed by atoms with E-state index in [1.807, 2.05) is 0 Å². The highest BCUT2D eigenvalue weighted by atomic mass is 19.1. The first-order valence-corrected chi connectivity index (χ1v) is 12.6. The lowest BCUT2D eigenvalue weighted by Crippen LogP contribution is -2.67. The van der Waals surface area contributed by atoms with Crippen molar-refractivity contribution >= 4 is 17.7 Å². The van der Waals surface area contributed by atoms with Crippen LogP contribution < -0.4 is 16.2 Å². The maximum absolute atomic E-state index is 14.8. The molecular formula is C26H31FN6O3. The zero-order valence-electron chi connectivity index (χ0n) is 20.1. The van der Waals surface area contributed by atoms with Gasteiger partial charge in [-0.3, -0.25) is 24.8 Å². The topological polar surface area (TPSA) is 107 Å². The van der Waals surface area contributed by atoms with Crippen molar-refractivity contribution in [3.63, 3.8) is 0 Å². The van der Waals surface area contributed by atoms with Crippen LogP contribution in [-0.4, -0.2) is 77.3 Å². The Hall–Kier alpha value is -3.37. The summed E-state index contributed by atoms with van der Waals surface area (Å²) in [4.78, 5) is 45.8. The van der Waals surface area contributed by atoms with E-state index in [-0.39, 0.29) is 41.3 Å². The molecule has 1 aromatic carbocycles. The summed E-state index contributed by atoms with van der Waals surface area (Å²) in [5.74, 6) is -1.21. The Balaban J connectivity index is 1.26. The number of hydrogen-bond donors (Lipinski definition) is 3. The molecule has 1 aromatic heterocycles. The van der Waals surface area contributed by atoms with Crippen LogP contribution in [0.5, 0.6) is 0 Å². The summed E-state index contributed by atoms with van der Waals surface area (Å²) in [6.45, 7) is 2.50. The molecule has 0 spiro atoms. The van der Waals surface area contributed by atoms with Crippen LogP contribution in [0, 0.1) is 11.7 Å². The predicted octanol–water partition coefficient (Wildman–Crippen LogP) is 1.12. The van der Waals surface area contributed by atoms with Gasteiger partial charge in [0.05, 0.1) is 11.5 Å². The van der Waals surface area contributed by atoms with Gasteiger partial charge in [-0.15, -0.1) is 0 Å². The number of fused-ring (bicyclic) bond motifs is 1. The number of halogens is 1.